The van der Waals surface area contributed by atoms with Crippen LogP contribution in [0.2, 0.25) is 0 Å². The number of amides is 1. The standard InChI is InChI=1S/C21H23F3N2O2/c22-21(23,24)17-3-1-2-16(13-17)20(8-10-28-11-9-20)14-26-19(27)12-15-4-6-18(25)7-5-15/h1-7,13H,8-12,14,25H2,(H,26,27). The number of halogens is 3. The molecule has 3 N–H and O–H groups in total. The molecule has 0 atom stereocenters. The first-order valence-electron chi connectivity index (χ1n) is 9.15. The first-order valence-corrected chi connectivity index (χ1v) is 9.15. The average Bonchev–Trinajstić information content (AvgIpc) is 2.68. The van der Waals surface area contributed by atoms with Crippen molar-refractivity contribution in [3.05, 3.63) is 65.2 Å². The quantitative estimate of drug-likeness (QED) is 0.763. The van der Waals surface area contributed by atoms with Gasteiger partial charge in [-0.25, -0.2) is 0 Å². The number of benzene rings is 2. The van der Waals surface area contributed by atoms with Gasteiger partial charge in [0.05, 0.1) is 12.0 Å². The fraction of sp³-hybridized carbons (Fsp3) is 0.381. The molecule has 1 aliphatic heterocycles. The van der Waals surface area contributed by atoms with E-state index in [4.69, 9.17) is 10.5 Å². The third-order valence-corrected chi connectivity index (χ3v) is 5.22. The van der Waals surface area contributed by atoms with Crippen molar-refractivity contribution in [1.29, 1.82) is 0 Å². The maximum atomic E-state index is 13.1. The van der Waals surface area contributed by atoms with Gasteiger partial charge < -0.3 is 15.8 Å². The molecule has 1 heterocycles. The van der Waals surface area contributed by atoms with Crippen LogP contribution in [0.1, 0.15) is 29.5 Å². The second-order valence-electron chi connectivity index (χ2n) is 7.17. The zero-order valence-electron chi connectivity index (χ0n) is 15.4. The lowest BCUT2D eigenvalue weighted by Crippen LogP contribution is -2.45. The lowest BCUT2D eigenvalue weighted by molar-refractivity contribution is -0.137. The third kappa shape index (κ3) is 4.84. The molecule has 0 aliphatic carbocycles. The number of hydrogen-bond acceptors (Lipinski definition) is 3. The van der Waals surface area contributed by atoms with E-state index in [2.05, 4.69) is 5.32 Å². The maximum absolute atomic E-state index is 13.1. The molecule has 28 heavy (non-hydrogen) atoms. The summed E-state index contributed by atoms with van der Waals surface area (Å²) in [7, 11) is 0. The Balaban J connectivity index is 1.75. The van der Waals surface area contributed by atoms with Gasteiger partial charge in [-0.1, -0.05) is 30.3 Å². The van der Waals surface area contributed by atoms with Gasteiger partial charge in [-0.05, 0) is 42.2 Å². The van der Waals surface area contributed by atoms with Gasteiger partial charge in [0.25, 0.3) is 0 Å². The van der Waals surface area contributed by atoms with Gasteiger partial charge in [0, 0.05) is 30.9 Å². The second-order valence-corrected chi connectivity index (χ2v) is 7.17. The highest BCUT2D eigenvalue weighted by Gasteiger charge is 2.37. The molecule has 1 amide bonds. The Morgan fingerprint density at radius 2 is 1.79 bits per heavy atom. The summed E-state index contributed by atoms with van der Waals surface area (Å²) in [5, 5.41) is 2.91. The normalized spacial score (nSPS) is 16.5. The first-order chi connectivity index (χ1) is 13.3. The molecular weight excluding hydrogens is 369 g/mol. The van der Waals surface area contributed by atoms with Gasteiger partial charge in [0.1, 0.15) is 0 Å². The molecule has 0 spiro atoms. The van der Waals surface area contributed by atoms with Gasteiger partial charge >= 0.3 is 6.18 Å². The molecule has 1 fully saturated rings. The highest BCUT2D eigenvalue weighted by atomic mass is 19.4. The maximum Gasteiger partial charge on any atom is 0.416 e. The molecule has 0 radical (unpaired) electrons. The van der Waals surface area contributed by atoms with E-state index in [9.17, 15) is 18.0 Å². The summed E-state index contributed by atoms with van der Waals surface area (Å²) in [6.45, 7) is 1.17. The fourth-order valence-electron chi connectivity index (χ4n) is 3.51. The highest BCUT2D eigenvalue weighted by Crippen LogP contribution is 2.37. The largest absolute Gasteiger partial charge is 0.416 e. The Kier molecular flexibility index (Phi) is 5.93. The molecule has 2 aromatic rings. The van der Waals surface area contributed by atoms with Crippen LogP contribution in [0.4, 0.5) is 18.9 Å². The summed E-state index contributed by atoms with van der Waals surface area (Å²) in [6.07, 6.45) is -3.11. The monoisotopic (exact) mass is 392 g/mol. The van der Waals surface area contributed by atoms with Crippen molar-refractivity contribution in [2.45, 2.75) is 30.9 Å². The van der Waals surface area contributed by atoms with Gasteiger partial charge in [-0.15, -0.1) is 0 Å². The van der Waals surface area contributed by atoms with Gasteiger partial charge in [0.2, 0.25) is 5.91 Å². The number of ether oxygens (including phenoxy) is 1. The van der Waals surface area contributed by atoms with Crippen LogP contribution in [0, 0.1) is 0 Å². The van der Waals surface area contributed by atoms with Crippen LogP contribution in [-0.2, 0) is 27.5 Å². The van der Waals surface area contributed by atoms with Crippen LogP contribution in [0.5, 0.6) is 0 Å². The number of nitrogens with one attached hydrogen (secondary N) is 1. The van der Waals surface area contributed by atoms with Crippen molar-refractivity contribution in [3.8, 4) is 0 Å². The number of nitrogen functional groups attached to an aromatic ring is 1. The zero-order chi connectivity index (χ0) is 20.2. The van der Waals surface area contributed by atoms with E-state index >= 15 is 0 Å². The number of rotatable bonds is 5. The van der Waals surface area contributed by atoms with Gasteiger partial charge in [-0.2, -0.15) is 13.2 Å². The van der Waals surface area contributed by atoms with Crippen LogP contribution in [0.25, 0.3) is 0 Å². The van der Waals surface area contributed by atoms with Crippen LogP contribution in [-0.4, -0.2) is 25.7 Å². The van der Waals surface area contributed by atoms with Crippen molar-refractivity contribution in [1.82, 2.24) is 5.32 Å². The summed E-state index contributed by atoms with van der Waals surface area (Å²) in [4.78, 5) is 12.4. The number of nitrogens with two attached hydrogens (primary N) is 1. The Bertz CT molecular complexity index is 813. The summed E-state index contributed by atoms with van der Waals surface area (Å²) < 4.78 is 44.8. The molecule has 7 heteroatoms. The minimum atomic E-state index is -4.40. The number of anilines is 1. The molecular formula is C21H23F3N2O2. The van der Waals surface area contributed by atoms with Crippen molar-refractivity contribution in [2.24, 2.45) is 0 Å². The zero-order valence-corrected chi connectivity index (χ0v) is 15.4. The highest BCUT2D eigenvalue weighted by molar-refractivity contribution is 5.78. The van der Waals surface area contributed by atoms with E-state index in [1.807, 2.05) is 0 Å². The smallest absolute Gasteiger partial charge is 0.399 e. The Morgan fingerprint density at radius 3 is 2.43 bits per heavy atom. The molecule has 0 saturated carbocycles. The van der Waals surface area contributed by atoms with E-state index < -0.39 is 17.2 Å². The van der Waals surface area contributed by atoms with E-state index in [1.54, 1.807) is 30.3 Å². The molecule has 3 rings (SSSR count). The Morgan fingerprint density at radius 1 is 1.11 bits per heavy atom. The lowest BCUT2D eigenvalue weighted by Gasteiger charge is -2.38. The van der Waals surface area contributed by atoms with E-state index in [0.717, 1.165) is 11.6 Å². The molecule has 4 nitrogen and oxygen atoms in total. The van der Waals surface area contributed by atoms with Crippen molar-refractivity contribution in [3.63, 3.8) is 0 Å². The number of hydrogen-bond donors (Lipinski definition) is 2. The van der Waals surface area contributed by atoms with Gasteiger partial charge in [-0.3, -0.25) is 4.79 Å². The molecule has 0 aromatic heterocycles. The number of carbonyl (C=O) groups is 1. The Hall–Kier alpha value is -2.54. The van der Waals surface area contributed by atoms with Crippen LogP contribution < -0.4 is 11.1 Å². The van der Waals surface area contributed by atoms with Crippen molar-refractivity contribution in [2.75, 3.05) is 25.5 Å². The molecule has 2 aromatic carbocycles. The summed E-state index contributed by atoms with van der Waals surface area (Å²) in [5.41, 5.74) is 6.42. The van der Waals surface area contributed by atoms with E-state index in [1.165, 1.54) is 12.1 Å². The molecule has 1 aliphatic rings. The lowest BCUT2D eigenvalue weighted by atomic mass is 9.73. The summed E-state index contributed by atoms with van der Waals surface area (Å²) >= 11 is 0. The van der Waals surface area contributed by atoms with E-state index in [0.29, 0.717) is 37.3 Å². The van der Waals surface area contributed by atoms with Crippen molar-refractivity contribution >= 4 is 11.6 Å². The molecule has 150 valence electrons. The molecule has 0 bridgehead atoms. The van der Waals surface area contributed by atoms with Crippen LogP contribution in [0.15, 0.2) is 48.5 Å². The molecule has 1 saturated heterocycles. The average molecular weight is 392 g/mol. The topological polar surface area (TPSA) is 64.4 Å². The predicted octanol–water partition coefficient (Wildman–Crippen LogP) is 3.69. The summed E-state index contributed by atoms with van der Waals surface area (Å²) in [5.74, 6) is -0.178. The fourth-order valence-corrected chi connectivity index (χ4v) is 3.51. The Labute approximate surface area is 161 Å². The first kappa shape index (κ1) is 20.2. The molecule has 0 unspecified atom stereocenters. The second kappa shape index (κ2) is 8.22. The third-order valence-electron chi connectivity index (χ3n) is 5.22. The van der Waals surface area contributed by atoms with E-state index in [-0.39, 0.29) is 18.9 Å². The minimum Gasteiger partial charge on any atom is -0.399 e. The predicted molar refractivity (Wildman–Crippen MR) is 101 cm³/mol. The van der Waals surface area contributed by atoms with Crippen molar-refractivity contribution < 1.29 is 22.7 Å². The SMILES string of the molecule is Nc1ccc(CC(=O)NCC2(c3cccc(C(F)(F)F)c3)CCOCC2)cc1. The number of alkyl halides is 3. The van der Waals surface area contributed by atoms with Gasteiger partial charge in [0.15, 0.2) is 0 Å². The van der Waals surface area contributed by atoms with Crippen LogP contribution in [0.3, 0.4) is 0 Å². The number of carbonyl (C=O) groups excluding carboxylic acids is 1. The van der Waals surface area contributed by atoms with Crippen LogP contribution >= 0.6 is 0 Å². The summed E-state index contributed by atoms with van der Waals surface area (Å²) in [6, 6.07) is 12.4. The minimum absolute atomic E-state index is 0.178.